The van der Waals surface area contributed by atoms with Crippen molar-refractivity contribution in [1.82, 2.24) is 4.90 Å². The van der Waals surface area contributed by atoms with E-state index in [-0.39, 0.29) is 11.3 Å². The molecule has 1 fully saturated rings. The van der Waals surface area contributed by atoms with Gasteiger partial charge in [0.25, 0.3) is 5.91 Å². The van der Waals surface area contributed by atoms with Gasteiger partial charge in [0.15, 0.2) is 21.3 Å². The maximum absolute atomic E-state index is 13.4. The van der Waals surface area contributed by atoms with Crippen LogP contribution in [0.2, 0.25) is 0 Å². The van der Waals surface area contributed by atoms with Crippen LogP contribution in [0.4, 0.5) is 0 Å². The van der Waals surface area contributed by atoms with Gasteiger partial charge in [-0.3, -0.25) is 19.3 Å². The van der Waals surface area contributed by atoms with Crippen LogP contribution in [-0.2, 0) is 33.7 Å². The first kappa shape index (κ1) is 18.6. The Balaban J connectivity index is 2.03. The zero-order valence-corrected chi connectivity index (χ0v) is 15.8. The number of ether oxygens (including phenoxy) is 2. The Morgan fingerprint density at radius 2 is 1.93 bits per heavy atom. The highest BCUT2D eigenvalue weighted by Gasteiger charge is 2.64. The van der Waals surface area contributed by atoms with Gasteiger partial charge >= 0.3 is 11.9 Å². The molecule has 1 aromatic rings. The first-order valence-corrected chi connectivity index (χ1v) is 10.1. The number of benzene rings is 1. The van der Waals surface area contributed by atoms with Crippen molar-refractivity contribution in [2.24, 2.45) is 0 Å². The largest absolute Gasteiger partial charge is 0.480 e. The molecule has 9 nitrogen and oxygen atoms in total. The summed E-state index contributed by atoms with van der Waals surface area (Å²) in [5.74, 6) is -3.78. The number of methoxy groups -OCH3 is 1. The summed E-state index contributed by atoms with van der Waals surface area (Å²) in [6.45, 7) is 0.741. The van der Waals surface area contributed by atoms with Gasteiger partial charge in [-0.1, -0.05) is 24.3 Å². The quantitative estimate of drug-likeness (QED) is 0.559. The van der Waals surface area contributed by atoms with Crippen LogP contribution in [0.3, 0.4) is 0 Å². The monoisotopic (exact) mass is 407 g/mol. The molecule has 2 aliphatic heterocycles. The smallest absolute Gasteiger partial charge is 0.317 e. The fraction of sp³-hybridized carbons (Fsp3) is 0.389. The summed E-state index contributed by atoms with van der Waals surface area (Å²) in [5, 5.41) is 7.35. The van der Waals surface area contributed by atoms with Gasteiger partial charge in [-0.2, -0.15) is 0 Å². The number of β-lactam (4-membered cyclic amide) rings is 1. The Labute approximate surface area is 160 Å². The Morgan fingerprint density at radius 1 is 1.25 bits per heavy atom. The number of carbonyl (C=O) groups is 3. The zero-order valence-electron chi connectivity index (χ0n) is 15.0. The molecule has 2 heterocycles. The molecule has 3 aliphatic rings. The summed E-state index contributed by atoms with van der Waals surface area (Å²) >= 11 is 0. The average molecular weight is 407 g/mol. The molecule has 0 saturated carbocycles. The lowest BCUT2D eigenvalue weighted by atomic mass is 9.91. The van der Waals surface area contributed by atoms with Crippen molar-refractivity contribution in [3.63, 3.8) is 0 Å². The van der Waals surface area contributed by atoms with E-state index in [0.29, 0.717) is 11.1 Å². The van der Waals surface area contributed by atoms with E-state index in [0.717, 1.165) is 4.90 Å². The van der Waals surface area contributed by atoms with Crippen LogP contribution in [0.25, 0.3) is 0 Å². The predicted octanol–water partition coefficient (Wildman–Crippen LogP) is 0.338. The van der Waals surface area contributed by atoms with Gasteiger partial charge in [0, 0.05) is 25.3 Å². The third kappa shape index (κ3) is 2.34. The van der Waals surface area contributed by atoms with Crippen LogP contribution in [0, 0.1) is 0 Å². The summed E-state index contributed by atoms with van der Waals surface area (Å²) in [5.41, 5.74) is 0.850. The second kappa shape index (κ2) is 6.14. The van der Waals surface area contributed by atoms with Gasteiger partial charge in [0.05, 0.1) is 0 Å². The summed E-state index contributed by atoms with van der Waals surface area (Å²) in [4.78, 5) is 37.1. The molecule has 2 unspecified atom stereocenters. The average Bonchev–Trinajstić information content (AvgIpc) is 2.68. The van der Waals surface area contributed by atoms with Crippen molar-refractivity contribution < 1.29 is 37.4 Å². The number of hydrogen-bond acceptors (Lipinski definition) is 7. The van der Waals surface area contributed by atoms with Crippen LogP contribution in [0.1, 0.15) is 29.2 Å². The van der Waals surface area contributed by atoms with Gasteiger partial charge in [0.1, 0.15) is 17.8 Å². The second-order valence-corrected chi connectivity index (χ2v) is 8.99. The third-order valence-electron chi connectivity index (χ3n) is 5.32. The van der Waals surface area contributed by atoms with Crippen LogP contribution >= 0.6 is 0 Å². The van der Waals surface area contributed by atoms with Crippen molar-refractivity contribution in [3.05, 3.63) is 46.7 Å². The van der Waals surface area contributed by atoms with E-state index in [4.69, 9.17) is 9.47 Å². The maximum atomic E-state index is 13.4. The lowest BCUT2D eigenvalue weighted by molar-refractivity contribution is -0.160. The Kier molecular flexibility index (Phi) is 4.09. The summed E-state index contributed by atoms with van der Waals surface area (Å²) in [6, 6.07) is 6.24. The molecule has 4 bridgehead atoms. The van der Waals surface area contributed by atoms with E-state index >= 15 is 0 Å². The normalized spacial score (nSPS) is 29.5. The molecule has 1 aromatic carbocycles. The van der Waals surface area contributed by atoms with Gasteiger partial charge in [0.2, 0.25) is 0 Å². The molecule has 0 radical (unpaired) electrons. The van der Waals surface area contributed by atoms with Crippen LogP contribution in [-0.4, -0.2) is 61.5 Å². The molecule has 10 heteroatoms. The van der Waals surface area contributed by atoms with Crippen molar-refractivity contribution in [3.8, 4) is 0 Å². The molecule has 1 amide bonds. The van der Waals surface area contributed by atoms with Crippen LogP contribution in [0.15, 0.2) is 35.5 Å². The molecule has 1 aliphatic carbocycles. The van der Waals surface area contributed by atoms with Crippen molar-refractivity contribution in [1.29, 1.82) is 0 Å². The first-order valence-electron chi connectivity index (χ1n) is 8.47. The number of esters is 1. The molecule has 0 aromatic heterocycles. The van der Waals surface area contributed by atoms with E-state index in [9.17, 15) is 27.9 Å². The Hall–Kier alpha value is -2.72. The van der Waals surface area contributed by atoms with E-state index in [1.807, 2.05) is 0 Å². The number of hydrogen-bond donors (Lipinski definition) is 1. The fourth-order valence-electron chi connectivity index (χ4n) is 4.22. The Morgan fingerprint density at radius 3 is 2.54 bits per heavy atom. The van der Waals surface area contributed by atoms with E-state index in [2.05, 4.69) is 0 Å². The van der Waals surface area contributed by atoms with E-state index < -0.39 is 56.9 Å². The number of carboxylic acids is 1. The molecule has 1 saturated heterocycles. The van der Waals surface area contributed by atoms with Crippen LogP contribution < -0.4 is 0 Å². The molecular weight excluding hydrogens is 390 g/mol. The van der Waals surface area contributed by atoms with Gasteiger partial charge in [-0.05, 0) is 11.1 Å². The summed E-state index contributed by atoms with van der Waals surface area (Å²) in [7, 11) is -2.79. The predicted molar refractivity (Wildman–Crippen MR) is 93.6 cm³/mol. The lowest BCUT2D eigenvalue weighted by Crippen LogP contribution is -2.70. The van der Waals surface area contributed by atoms with E-state index in [1.165, 1.54) is 20.1 Å². The van der Waals surface area contributed by atoms with Gasteiger partial charge < -0.3 is 14.6 Å². The minimum atomic E-state index is -4.02. The number of fused-ring (bicyclic) bond motifs is 6. The lowest BCUT2D eigenvalue weighted by Gasteiger charge is -2.51. The minimum Gasteiger partial charge on any atom is -0.480 e. The van der Waals surface area contributed by atoms with Gasteiger partial charge in [-0.15, -0.1) is 0 Å². The number of carboxylic acid groups (broad SMARTS) is 1. The maximum Gasteiger partial charge on any atom is 0.317 e. The second-order valence-electron chi connectivity index (χ2n) is 6.86. The minimum absolute atomic E-state index is 0.0399. The van der Waals surface area contributed by atoms with E-state index in [1.54, 1.807) is 18.2 Å². The molecule has 4 atom stereocenters. The van der Waals surface area contributed by atoms with Crippen molar-refractivity contribution >= 4 is 27.7 Å². The highest BCUT2D eigenvalue weighted by Crippen LogP contribution is 2.53. The molecule has 28 heavy (non-hydrogen) atoms. The third-order valence-corrected chi connectivity index (χ3v) is 7.66. The molecule has 148 valence electrons. The van der Waals surface area contributed by atoms with Crippen LogP contribution in [0.5, 0.6) is 0 Å². The van der Waals surface area contributed by atoms with Crippen molar-refractivity contribution in [2.75, 3.05) is 13.7 Å². The molecule has 0 spiro atoms. The zero-order chi connectivity index (χ0) is 20.4. The number of nitrogens with zero attached hydrogens (tertiary/aromatic N) is 1. The number of sulfone groups is 1. The standard InChI is InChI=1S/C18H17NO8S/c1-8(20)27-7-11-13-12(18(22)23)9-4-3-5-10(6-9)15(11)28(24,25)17-14(26-2)16(21)19(13)17/h3-6,12,14-15,17H,7H2,1-2H3,(H,22,23)/t12?,14-,15?,17-/m0/s1. The molecule has 4 rings (SSSR count). The molecular formula is C18H17NO8S. The van der Waals surface area contributed by atoms with Gasteiger partial charge in [-0.25, -0.2) is 8.42 Å². The summed E-state index contributed by atoms with van der Waals surface area (Å²) in [6.07, 6.45) is -1.20. The highest BCUT2D eigenvalue weighted by molar-refractivity contribution is 7.92. The number of amides is 1. The topological polar surface area (TPSA) is 127 Å². The number of carbonyl (C=O) groups excluding carboxylic acids is 2. The first-order chi connectivity index (χ1) is 13.2. The number of rotatable bonds is 4. The SMILES string of the molecule is CO[C@H]1C(=O)N2C3=C(COC(C)=O)C(c4cccc(c4)C3C(=O)O)S(=O)(=O)[C@@H]12. The highest BCUT2D eigenvalue weighted by atomic mass is 32.2. The fourth-order valence-corrected chi connectivity index (χ4v) is 6.69. The summed E-state index contributed by atoms with van der Waals surface area (Å²) < 4.78 is 36.9. The van der Waals surface area contributed by atoms with Crippen molar-refractivity contribution in [2.45, 2.75) is 29.6 Å². The molecule has 1 N–H and O–H groups in total. The Bertz CT molecular complexity index is 1040. The number of aliphatic carboxylic acids is 1.